The van der Waals surface area contributed by atoms with Gasteiger partial charge in [-0.1, -0.05) is 31.2 Å². The highest BCUT2D eigenvalue weighted by Crippen LogP contribution is 2.19. The molecule has 1 unspecified atom stereocenters. The molecule has 1 heterocycles. The van der Waals surface area contributed by atoms with E-state index in [2.05, 4.69) is 21.6 Å². The predicted molar refractivity (Wildman–Crippen MR) is 99.7 cm³/mol. The van der Waals surface area contributed by atoms with Crippen LogP contribution in [0.3, 0.4) is 0 Å². The third-order valence-corrected chi connectivity index (χ3v) is 5.78. The summed E-state index contributed by atoms with van der Waals surface area (Å²) in [5, 5.41) is 0.104. The van der Waals surface area contributed by atoms with Crippen LogP contribution < -0.4 is 16.0 Å². The summed E-state index contributed by atoms with van der Waals surface area (Å²) >= 11 is 0. The monoisotopic (exact) mass is 373 g/mol. The van der Waals surface area contributed by atoms with Crippen molar-refractivity contribution >= 4 is 20.9 Å². The maximum Gasteiger partial charge on any atom is 0.326 e. The number of aromatic amines is 2. The number of sulfonamides is 1. The molecule has 1 atom stereocenters. The molecule has 136 valence electrons. The molecule has 0 aliphatic heterocycles. The number of hydrogen-bond donors (Lipinski definition) is 3. The Morgan fingerprint density at radius 1 is 1.04 bits per heavy atom. The third kappa shape index (κ3) is 3.61. The third-order valence-electron chi connectivity index (χ3n) is 4.24. The van der Waals surface area contributed by atoms with E-state index in [9.17, 15) is 18.0 Å². The molecule has 3 aromatic rings. The van der Waals surface area contributed by atoms with Gasteiger partial charge >= 0.3 is 5.69 Å². The first kappa shape index (κ1) is 18.1. The first-order valence-corrected chi connectivity index (χ1v) is 9.66. The van der Waals surface area contributed by atoms with Crippen LogP contribution in [0.25, 0.3) is 10.9 Å². The molecule has 0 bridgehead atoms. The molecule has 0 saturated carbocycles. The number of benzene rings is 2. The molecular weight excluding hydrogens is 354 g/mol. The molecule has 0 fully saturated rings. The average Bonchev–Trinajstić information content (AvgIpc) is 2.61. The molecule has 0 amide bonds. The zero-order valence-electron chi connectivity index (χ0n) is 14.4. The van der Waals surface area contributed by atoms with Crippen LogP contribution >= 0.6 is 0 Å². The molecule has 3 N–H and O–H groups in total. The lowest BCUT2D eigenvalue weighted by molar-refractivity contribution is 0.567. The summed E-state index contributed by atoms with van der Waals surface area (Å²) in [6.45, 7) is 3.81. The molecule has 3 rings (SSSR count). The molecule has 0 aliphatic carbocycles. The molecule has 2 aromatic carbocycles. The number of hydrogen-bond acceptors (Lipinski definition) is 4. The van der Waals surface area contributed by atoms with Gasteiger partial charge in [0.15, 0.2) is 0 Å². The van der Waals surface area contributed by atoms with Gasteiger partial charge in [-0.25, -0.2) is 17.9 Å². The Labute approximate surface area is 150 Å². The van der Waals surface area contributed by atoms with Crippen molar-refractivity contribution in [3.63, 3.8) is 0 Å². The number of rotatable bonds is 5. The van der Waals surface area contributed by atoms with E-state index in [4.69, 9.17) is 0 Å². The van der Waals surface area contributed by atoms with Crippen molar-refractivity contribution in [2.24, 2.45) is 0 Å². The van der Waals surface area contributed by atoms with Crippen molar-refractivity contribution < 1.29 is 8.42 Å². The topological polar surface area (TPSA) is 112 Å². The summed E-state index contributed by atoms with van der Waals surface area (Å²) in [7, 11) is -3.84. The maximum atomic E-state index is 12.7. The first-order chi connectivity index (χ1) is 12.3. The van der Waals surface area contributed by atoms with E-state index >= 15 is 0 Å². The Balaban J connectivity index is 1.93. The fraction of sp³-hybridized carbons (Fsp3) is 0.222. The first-order valence-electron chi connectivity index (χ1n) is 8.17. The van der Waals surface area contributed by atoms with Crippen molar-refractivity contribution in [2.45, 2.75) is 31.2 Å². The van der Waals surface area contributed by atoms with E-state index in [0.29, 0.717) is 0 Å². The van der Waals surface area contributed by atoms with Crippen LogP contribution in [-0.2, 0) is 16.4 Å². The van der Waals surface area contributed by atoms with Crippen molar-refractivity contribution in [2.75, 3.05) is 0 Å². The maximum absolute atomic E-state index is 12.7. The number of aromatic nitrogens is 2. The van der Waals surface area contributed by atoms with Gasteiger partial charge in [0.05, 0.1) is 15.8 Å². The van der Waals surface area contributed by atoms with Crippen LogP contribution in [0.2, 0.25) is 0 Å². The number of aryl methyl sites for hydroxylation is 1. The van der Waals surface area contributed by atoms with Crippen molar-refractivity contribution in [1.82, 2.24) is 14.7 Å². The Kier molecular flexibility index (Phi) is 4.80. The highest BCUT2D eigenvalue weighted by Gasteiger charge is 2.19. The van der Waals surface area contributed by atoms with E-state index in [1.54, 1.807) is 6.92 Å². The van der Waals surface area contributed by atoms with E-state index in [0.717, 1.165) is 12.0 Å². The summed E-state index contributed by atoms with van der Waals surface area (Å²) in [6.07, 6.45) is 0.911. The molecule has 0 radical (unpaired) electrons. The molecule has 0 saturated heterocycles. The van der Waals surface area contributed by atoms with Gasteiger partial charge in [-0.15, -0.1) is 0 Å². The molecule has 0 aliphatic rings. The van der Waals surface area contributed by atoms with E-state index < -0.39 is 27.3 Å². The second kappa shape index (κ2) is 6.89. The van der Waals surface area contributed by atoms with Gasteiger partial charge in [-0.3, -0.25) is 9.78 Å². The van der Waals surface area contributed by atoms with Crippen LogP contribution in [0.1, 0.15) is 31.0 Å². The van der Waals surface area contributed by atoms with Gasteiger partial charge in [0.1, 0.15) is 0 Å². The van der Waals surface area contributed by atoms with Crippen molar-refractivity contribution in [3.8, 4) is 0 Å². The zero-order valence-corrected chi connectivity index (χ0v) is 15.2. The van der Waals surface area contributed by atoms with Gasteiger partial charge in [0, 0.05) is 6.04 Å². The van der Waals surface area contributed by atoms with Gasteiger partial charge < -0.3 is 4.98 Å². The summed E-state index contributed by atoms with van der Waals surface area (Å²) < 4.78 is 27.9. The van der Waals surface area contributed by atoms with Crippen LogP contribution in [-0.4, -0.2) is 18.4 Å². The minimum absolute atomic E-state index is 0.0421. The molecular formula is C18H19N3O4S. The van der Waals surface area contributed by atoms with Crippen LogP contribution in [0, 0.1) is 0 Å². The van der Waals surface area contributed by atoms with Gasteiger partial charge in [-0.05, 0) is 42.7 Å². The van der Waals surface area contributed by atoms with E-state index in [1.165, 1.54) is 23.8 Å². The summed E-state index contributed by atoms with van der Waals surface area (Å²) in [5.41, 5.74) is 1.02. The Morgan fingerprint density at radius 3 is 2.38 bits per heavy atom. The van der Waals surface area contributed by atoms with Crippen LogP contribution in [0.4, 0.5) is 0 Å². The average molecular weight is 373 g/mol. The lowest BCUT2D eigenvalue weighted by Crippen LogP contribution is -2.27. The second-order valence-electron chi connectivity index (χ2n) is 6.05. The lowest BCUT2D eigenvalue weighted by Gasteiger charge is -2.15. The van der Waals surface area contributed by atoms with Gasteiger partial charge in [-0.2, -0.15) is 0 Å². The van der Waals surface area contributed by atoms with E-state index in [1.807, 2.05) is 24.3 Å². The molecule has 8 heteroatoms. The Bertz CT molecular complexity index is 1160. The quantitative estimate of drug-likeness (QED) is 0.633. The fourth-order valence-electron chi connectivity index (χ4n) is 2.72. The molecule has 1 aromatic heterocycles. The second-order valence-corrected chi connectivity index (χ2v) is 7.77. The number of H-pyrrole nitrogens is 2. The van der Waals surface area contributed by atoms with Gasteiger partial charge in [0.2, 0.25) is 10.0 Å². The predicted octanol–water partition coefficient (Wildman–Crippen LogP) is 1.82. The Morgan fingerprint density at radius 2 is 1.73 bits per heavy atom. The fourth-order valence-corrected chi connectivity index (χ4v) is 3.98. The normalized spacial score (nSPS) is 13.0. The van der Waals surface area contributed by atoms with E-state index in [-0.39, 0.29) is 15.8 Å². The lowest BCUT2D eigenvalue weighted by atomic mass is 10.1. The minimum atomic E-state index is -3.84. The SMILES string of the molecule is CCc1ccc(C(C)NS(=O)(=O)c2ccc3[nH]c(=O)[nH]c(=O)c3c2)cc1. The van der Waals surface area contributed by atoms with Crippen molar-refractivity contribution in [3.05, 3.63) is 74.4 Å². The van der Waals surface area contributed by atoms with Gasteiger partial charge in [0.25, 0.3) is 5.56 Å². The smallest absolute Gasteiger partial charge is 0.307 e. The highest BCUT2D eigenvalue weighted by molar-refractivity contribution is 7.89. The number of nitrogens with one attached hydrogen (secondary N) is 3. The summed E-state index contributed by atoms with van der Waals surface area (Å²) in [4.78, 5) is 27.7. The Hall–Kier alpha value is -2.71. The summed E-state index contributed by atoms with van der Waals surface area (Å²) in [6, 6.07) is 11.3. The summed E-state index contributed by atoms with van der Waals surface area (Å²) in [5.74, 6) is 0. The standard InChI is InChI=1S/C18H19N3O4S/c1-3-12-4-6-13(7-5-12)11(2)21-26(24,25)14-8-9-16-15(10-14)17(22)20-18(23)19-16/h4-11,21H,3H2,1-2H3,(H2,19,20,22,23). The highest BCUT2D eigenvalue weighted by atomic mass is 32.2. The minimum Gasteiger partial charge on any atom is -0.307 e. The largest absolute Gasteiger partial charge is 0.326 e. The molecule has 7 nitrogen and oxygen atoms in total. The van der Waals surface area contributed by atoms with Crippen molar-refractivity contribution in [1.29, 1.82) is 0 Å². The zero-order chi connectivity index (χ0) is 18.9. The van der Waals surface area contributed by atoms with Crippen LogP contribution in [0.5, 0.6) is 0 Å². The molecule has 26 heavy (non-hydrogen) atoms. The number of fused-ring (bicyclic) bond motifs is 1. The van der Waals surface area contributed by atoms with Crippen LogP contribution in [0.15, 0.2) is 56.9 Å². The molecule has 0 spiro atoms.